The lowest BCUT2D eigenvalue weighted by atomic mass is 10.4. The lowest BCUT2D eigenvalue weighted by molar-refractivity contribution is 0.417. The average Bonchev–Trinajstić information content (AvgIpc) is 1.66. The molecule has 0 fully saturated rings. The van der Waals surface area contributed by atoms with Crippen molar-refractivity contribution in [2.75, 3.05) is 20.6 Å². The van der Waals surface area contributed by atoms with Crippen LogP contribution in [0.5, 0.6) is 0 Å². The van der Waals surface area contributed by atoms with E-state index in [1.54, 1.807) is 0 Å². The van der Waals surface area contributed by atoms with Gasteiger partial charge in [0.1, 0.15) is 0 Å². The fraction of sp³-hybridized carbons (Fsp3) is 0.571. The summed E-state index contributed by atoms with van der Waals surface area (Å²) >= 11 is 0. The molecule has 0 bridgehead atoms. The van der Waals surface area contributed by atoms with Gasteiger partial charge >= 0.3 is 0 Å². The SMILES string of the molecule is C=C=CCCN(C)C. The molecule has 46 valence electrons. The Morgan fingerprint density at radius 1 is 1.62 bits per heavy atom. The summed E-state index contributed by atoms with van der Waals surface area (Å²) in [5.74, 6) is 0. The molecule has 0 aliphatic carbocycles. The van der Waals surface area contributed by atoms with Crippen molar-refractivity contribution in [2.24, 2.45) is 0 Å². The average molecular weight is 111 g/mol. The minimum atomic E-state index is 1.05. The minimum absolute atomic E-state index is 1.05. The van der Waals surface area contributed by atoms with Gasteiger partial charge in [-0.15, -0.1) is 5.73 Å². The third-order valence-electron chi connectivity index (χ3n) is 0.865. The number of rotatable bonds is 3. The first-order chi connectivity index (χ1) is 3.77. The molecule has 0 aromatic rings. The molecule has 0 saturated heterocycles. The quantitative estimate of drug-likeness (QED) is 0.496. The Morgan fingerprint density at radius 2 is 2.25 bits per heavy atom. The molecular weight excluding hydrogens is 98.1 g/mol. The molecule has 0 saturated carbocycles. The van der Waals surface area contributed by atoms with Crippen LogP contribution in [0, 0.1) is 0 Å². The largest absolute Gasteiger partial charge is 0.309 e. The molecule has 0 unspecified atom stereocenters. The fourth-order valence-corrected chi connectivity index (χ4v) is 0.425. The molecule has 0 rings (SSSR count). The molecule has 0 spiro atoms. The molecular formula is C7H13N. The lowest BCUT2D eigenvalue weighted by Crippen LogP contribution is -2.11. The van der Waals surface area contributed by atoms with E-state index in [0.29, 0.717) is 0 Å². The summed E-state index contributed by atoms with van der Waals surface area (Å²) in [5, 5.41) is 0. The molecule has 0 aliphatic heterocycles. The molecule has 0 aromatic carbocycles. The van der Waals surface area contributed by atoms with Gasteiger partial charge in [-0.25, -0.2) is 0 Å². The van der Waals surface area contributed by atoms with E-state index >= 15 is 0 Å². The van der Waals surface area contributed by atoms with Crippen molar-refractivity contribution in [3.63, 3.8) is 0 Å². The van der Waals surface area contributed by atoms with Crippen LogP contribution >= 0.6 is 0 Å². The summed E-state index contributed by atoms with van der Waals surface area (Å²) in [4.78, 5) is 2.13. The van der Waals surface area contributed by atoms with Crippen molar-refractivity contribution in [2.45, 2.75) is 6.42 Å². The summed E-state index contributed by atoms with van der Waals surface area (Å²) in [6.45, 7) is 4.54. The highest BCUT2D eigenvalue weighted by Gasteiger charge is 1.82. The zero-order valence-corrected chi connectivity index (χ0v) is 5.65. The van der Waals surface area contributed by atoms with Crippen LogP contribution in [0.3, 0.4) is 0 Å². The summed E-state index contributed by atoms with van der Waals surface area (Å²) in [6.07, 6.45) is 3.00. The molecule has 0 radical (unpaired) electrons. The monoisotopic (exact) mass is 111 g/mol. The Hall–Kier alpha value is -0.520. The van der Waals surface area contributed by atoms with Gasteiger partial charge in [-0.1, -0.05) is 6.58 Å². The van der Waals surface area contributed by atoms with Gasteiger partial charge in [0.2, 0.25) is 0 Å². The first kappa shape index (κ1) is 7.48. The standard InChI is InChI=1S/C7H13N/c1-4-5-6-7-8(2)3/h5H,1,6-7H2,2-3H3. The second-order valence-corrected chi connectivity index (χ2v) is 2.00. The van der Waals surface area contributed by atoms with Crippen LogP contribution in [0.1, 0.15) is 6.42 Å². The Labute approximate surface area is 51.3 Å². The molecule has 0 aliphatic rings. The van der Waals surface area contributed by atoms with Crippen LogP contribution in [0.25, 0.3) is 0 Å². The zero-order valence-electron chi connectivity index (χ0n) is 5.65. The molecule has 0 amide bonds. The van der Waals surface area contributed by atoms with Crippen LogP contribution in [-0.4, -0.2) is 25.5 Å². The van der Waals surface area contributed by atoms with E-state index in [0.717, 1.165) is 13.0 Å². The molecule has 1 heteroatoms. The van der Waals surface area contributed by atoms with Crippen molar-refractivity contribution in [1.82, 2.24) is 4.90 Å². The molecule has 8 heavy (non-hydrogen) atoms. The van der Waals surface area contributed by atoms with Crippen molar-refractivity contribution in [3.05, 3.63) is 18.4 Å². The van der Waals surface area contributed by atoms with Crippen LogP contribution in [0.4, 0.5) is 0 Å². The lowest BCUT2D eigenvalue weighted by Gasteiger charge is -2.04. The summed E-state index contributed by atoms with van der Waals surface area (Å²) in [5.41, 5.74) is 2.72. The fourth-order valence-electron chi connectivity index (χ4n) is 0.425. The van der Waals surface area contributed by atoms with Crippen LogP contribution in [-0.2, 0) is 0 Å². The van der Waals surface area contributed by atoms with Gasteiger partial charge in [0.25, 0.3) is 0 Å². The summed E-state index contributed by atoms with van der Waals surface area (Å²) in [7, 11) is 4.11. The summed E-state index contributed by atoms with van der Waals surface area (Å²) in [6, 6.07) is 0. The van der Waals surface area contributed by atoms with Crippen molar-refractivity contribution in [3.8, 4) is 0 Å². The van der Waals surface area contributed by atoms with Gasteiger partial charge in [0, 0.05) is 6.54 Å². The van der Waals surface area contributed by atoms with Crippen molar-refractivity contribution >= 4 is 0 Å². The minimum Gasteiger partial charge on any atom is -0.309 e. The van der Waals surface area contributed by atoms with Gasteiger partial charge in [0.05, 0.1) is 0 Å². The molecule has 0 atom stereocenters. The maximum Gasteiger partial charge on any atom is 0.00159 e. The predicted molar refractivity (Wildman–Crippen MR) is 36.9 cm³/mol. The van der Waals surface area contributed by atoms with Gasteiger partial charge in [-0.05, 0) is 26.6 Å². The number of hydrogen-bond acceptors (Lipinski definition) is 1. The Bertz CT molecular complexity index is 88.6. The molecule has 0 heterocycles. The number of nitrogens with zero attached hydrogens (tertiary/aromatic N) is 1. The van der Waals surface area contributed by atoms with E-state index in [1.807, 2.05) is 6.08 Å². The second-order valence-electron chi connectivity index (χ2n) is 2.00. The van der Waals surface area contributed by atoms with Crippen molar-refractivity contribution in [1.29, 1.82) is 0 Å². The van der Waals surface area contributed by atoms with Gasteiger partial charge in [-0.2, -0.15) is 0 Å². The normalized spacial score (nSPS) is 8.88. The summed E-state index contributed by atoms with van der Waals surface area (Å²) < 4.78 is 0. The van der Waals surface area contributed by atoms with Gasteiger partial charge in [-0.3, -0.25) is 0 Å². The smallest absolute Gasteiger partial charge is 0.00159 e. The zero-order chi connectivity index (χ0) is 6.41. The Balaban J connectivity index is 3.05. The first-order valence-electron chi connectivity index (χ1n) is 2.76. The van der Waals surface area contributed by atoms with E-state index in [1.165, 1.54) is 0 Å². The Morgan fingerprint density at radius 3 is 2.62 bits per heavy atom. The maximum absolute atomic E-state index is 3.46. The second kappa shape index (κ2) is 4.63. The Kier molecular flexibility index (Phi) is 4.33. The van der Waals surface area contributed by atoms with E-state index in [9.17, 15) is 0 Å². The third-order valence-corrected chi connectivity index (χ3v) is 0.865. The van der Waals surface area contributed by atoms with Crippen LogP contribution < -0.4 is 0 Å². The van der Waals surface area contributed by atoms with E-state index in [4.69, 9.17) is 0 Å². The van der Waals surface area contributed by atoms with E-state index in [-0.39, 0.29) is 0 Å². The van der Waals surface area contributed by atoms with Gasteiger partial charge < -0.3 is 4.90 Å². The van der Waals surface area contributed by atoms with E-state index in [2.05, 4.69) is 31.3 Å². The topological polar surface area (TPSA) is 3.24 Å². The highest BCUT2D eigenvalue weighted by molar-refractivity contribution is 4.75. The van der Waals surface area contributed by atoms with E-state index < -0.39 is 0 Å². The maximum atomic E-state index is 3.46. The van der Waals surface area contributed by atoms with Crippen LogP contribution in [0.15, 0.2) is 18.4 Å². The molecule has 1 nitrogen and oxygen atoms in total. The van der Waals surface area contributed by atoms with Gasteiger partial charge in [0.15, 0.2) is 0 Å². The highest BCUT2D eigenvalue weighted by atomic mass is 15.0. The predicted octanol–water partition coefficient (Wildman–Crippen LogP) is 1.28. The molecule has 0 aromatic heterocycles. The highest BCUT2D eigenvalue weighted by Crippen LogP contribution is 1.81. The third kappa shape index (κ3) is 5.48. The molecule has 0 N–H and O–H groups in total. The van der Waals surface area contributed by atoms with Crippen molar-refractivity contribution < 1.29 is 0 Å². The number of hydrogen-bond donors (Lipinski definition) is 0. The first-order valence-corrected chi connectivity index (χ1v) is 2.76. The van der Waals surface area contributed by atoms with Crippen LogP contribution in [0.2, 0.25) is 0 Å².